The van der Waals surface area contributed by atoms with Crippen LogP contribution in [0.25, 0.3) is 0 Å². The van der Waals surface area contributed by atoms with Crippen molar-refractivity contribution in [2.45, 2.75) is 158 Å². The van der Waals surface area contributed by atoms with Crippen molar-refractivity contribution < 1.29 is 78.8 Å². The lowest BCUT2D eigenvalue weighted by Crippen LogP contribution is -2.65. The predicted molar refractivity (Wildman–Crippen MR) is 138 cm³/mol. The van der Waals surface area contributed by atoms with Gasteiger partial charge in [0.1, 0.15) is 61.0 Å². The molecule has 4 aliphatic heterocycles. The molecule has 1 unspecified atom stereocenters. The molecule has 250 valence electrons. The van der Waals surface area contributed by atoms with Crippen molar-refractivity contribution in [3.8, 4) is 0 Å². The summed E-state index contributed by atoms with van der Waals surface area (Å²) in [7, 11) is 0. The number of hydrogen-bond donors (Lipinski definition) is 9. The maximum atomic E-state index is 11.6. The molecule has 4 aliphatic rings. The van der Waals surface area contributed by atoms with Crippen LogP contribution in [0.1, 0.15) is 41.0 Å². The van der Waals surface area contributed by atoms with Crippen molar-refractivity contribution in [3.63, 3.8) is 0 Å². The Labute approximate surface area is 248 Å². The van der Waals surface area contributed by atoms with Gasteiger partial charge < -0.3 is 79.3 Å². The summed E-state index contributed by atoms with van der Waals surface area (Å²) in [6.07, 6.45) is -24.0. The number of nitrogens with one attached hydrogen (secondary N) is 1. The highest BCUT2D eigenvalue weighted by molar-refractivity contribution is 5.73. The lowest BCUT2D eigenvalue weighted by molar-refractivity contribution is -0.382. The Balaban J connectivity index is 1.44. The zero-order chi connectivity index (χ0) is 31.9. The smallest absolute Gasteiger partial charge is 0.217 e. The molecule has 0 aromatic rings. The fraction of sp³-hybridized carbons (Fsp3) is 0.962. The van der Waals surface area contributed by atoms with Gasteiger partial charge >= 0.3 is 0 Å². The molecule has 0 bridgehead atoms. The number of amides is 1. The Morgan fingerprint density at radius 3 is 1.77 bits per heavy atom. The first-order chi connectivity index (χ1) is 20.1. The predicted octanol–water partition coefficient (Wildman–Crippen LogP) is -4.47. The molecule has 4 heterocycles. The van der Waals surface area contributed by atoms with Gasteiger partial charge in [-0.15, -0.1) is 0 Å². The van der Waals surface area contributed by atoms with Gasteiger partial charge in [0.2, 0.25) is 5.91 Å². The van der Waals surface area contributed by atoms with Crippen LogP contribution < -0.4 is 5.32 Å². The Hall–Kier alpha value is -1.13. The molecule has 0 spiro atoms. The van der Waals surface area contributed by atoms with Crippen LogP contribution in [0.3, 0.4) is 0 Å². The van der Waals surface area contributed by atoms with Gasteiger partial charge in [-0.2, -0.15) is 0 Å². The quantitative estimate of drug-likeness (QED) is 0.129. The molecule has 17 heteroatoms. The van der Waals surface area contributed by atoms with Gasteiger partial charge in [0.05, 0.1) is 30.5 Å². The molecular weight excluding hydrogens is 582 g/mol. The third kappa shape index (κ3) is 7.48. The minimum absolute atomic E-state index is 0.0182. The first-order valence-corrected chi connectivity index (χ1v) is 14.4. The van der Waals surface area contributed by atoms with Gasteiger partial charge in [0.25, 0.3) is 0 Å². The fourth-order valence-electron chi connectivity index (χ4n) is 5.77. The van der Waals surface area contributed by atoms with Gasteiger partial charge in [0.15, 0.2) is 25.2 Å². The van der Waals surface area contributed by atoms with Gasteiger partial charge in [-0.1, -0.05) is 0 Å². The zero-order valence-electron chi connectivity index (χ0n) is 24.5. The maximum Gasteiger partial charge on any atom is 0.217 e. The summed E-state index contributed by atoms with van der Waals surface area (Å²) in [4.78, 5) is 11.6. The molecule has 0 aliphatic carbocycles. The van der Waals surface area contributed by atoms with E-state index in [1.165, 1.54) is 27.7 Å². The number of hydrogen-bond acceptors (Lipinski definition) is 16. The van der Waals surface area contributed by atoms with E-state index in [0.717, 1.165) is 0 Å². The van der Waals surface area contributed by atoms with Crippen molar-refractivity contribution in [3.05, 3.63) is 0 Å². The maximum absolute atomic E-state index is 11.6. The summed E-state index contributed by atoms with van der Waals surface area (Å²) in [5.74, 6) is -0.368. The summed E-state index contributed by atoms with van der Waals surface area (Å²) in [5, 5.41) is 87.0. The van der Waals surface area contributed by atoms with E-state index in [4.69, 9.17) is 33.2 Å². The zero-order valence-corrected chi connectivity index (χ0v) is 24.5. The molecule has 17 nitrogen and oxygen atoms in total. The van der Waals surface area contributed by atoms with Crippen LogP contribution in [0.2, 0.25) is 0 Å². The number of ether oxygens (including phenoxy) is 7. The highest BCUT2D eigenvalue weighted by Crippen LogP contribution is 2.34. The average Bonchev–Trinajstić information content (AvgIpc) is 2.93. The number of carbonyl (C=O) groups excluding carboxylic acids is 1. The molecule has 4 fully saturated rings. The molecule has 0 radical (unpaired) electrons. The van der Waals surface area contributed by atoms with E-state index in [9.17, 15) is 45.6 Å². The SMILES string of the molecule is CC(=O)N[C@@H]1C[C@H](O[C@@H]2[C@@H](O)[C@H](O[C@H]3[C@H](O)[C@@H](O[C@@H]4O[C@H](C)[C@@H](O)[C@H](O)[C@H]4O)C(O)O[C@@H]3C)O[C@H](C)[C@H]2O)O[C@H](C)[C@H]1O. The van der Waals surface area contributed by atoms with Crippen molar-refractivity contribution in [2.75, 3.05) is 0 Å². The van der Waals surface area contributed by atoms with E-state index < -0.39 is 117 Å². The third-order valence-electron chi connectivity index (χ3n) is 8.35. The first kappa shape index (κ1) is 34.7. The van der Waals surface area contributed by atoms with E-state index in [1.54, 1.807) is 6.92 Å². The highest BCUT2D eigenvalue weighted by atomic mass is 16.8. The van der Waals surface area contributed by atoms with Gasteiger partial charge in [-0.25, -0.2) is 0 Å². The van der Waals surface area contributed by atoms with Crippen LogP contribution in [-0.4, -0.2) is 163 Å². The molecule has 19 atom stereocenters. The van der Waals surface area contributed by atoms with Gasteiger partial charge in [-0.05, 0) is 27.7 Å². The lowest BCUT2D eigenvalue weighted by atomic mass is 9.96. The van der Waals surface area contributed by atoms with Crippen LogP contribution in [0.4, 0.5) is 0 Å². The van der Waals surface area contributed by atoms with Crippen LogP contribution in [-0.2, 0) is 38.0 Å². The lowest BCUT2D eigenvalue weighted by Gasteiger charge is -2.48. The largest absolute Gasteiger partial charge is 0.388 e. The topological polar surface area (TPSA) is 256 Å². The van der Waals surface area contributed by atoms with E-state index in [1.807, 2.05) is 0 Å². The van der Waals surface area contributed by atoms with Crippen LogP contribution in [0.5, 0.6) is 0 Å². The number of carbonyl (C=O) groups is 1. The number of rotatable bonds is 7. The summed E-state index contributed by atoms with van der Waals surface area (Å²) in [5.41, 5.74) is 0. The number of aliphatic hydroxyl groups is 8. The standard InChI is InChI=1S/C26H45NO16/c1-7-14(29)12(27-11(5)28)6-13(37-7)41-22-16(31)9(3)40-26(20(22)35)42-21-10(4)38-24(36)23(19(21)34)43-25-18(33)17(32)15(30)8(2)39-25/h7-10,12-26,29-36H,6H2,1-5H3,(H,27,28)/t7-,8-,9-,10-,12-,13+,14-,15-,16-,17+,18-,19+,20-,21-,22+,23-,24?,25+,26+/m1/s1. The van der Waals surface area contributed by atoms with Crippen molar-refractivity contribution >= 4 is 5.91 Å². The second-order valence-corrected chi connectivity index (χ2v) is 11.7. The van der Waals surface area contributed by atoms with Crippen LogP contribution in [0.15, 0.2) is 0 Å². The Morgan fingerprint density at radius 2 is 1.14 bits per heavy atom. The fourth-order valence-corrected chi connectivity index (χ4v) is 5.77. The Kier molecular flexibility index (Phi) is 11.4. The van der Waals surface area contributed by atoms with Crippen LogP contribution in [0, 0.1) is 0 Å². The minimum atomic E-state index is -1.72. The Bertz CT molecular complexity index is 932. The van der Waals surface area contributed by atoms with Crippen molar-refractivity contribution in [2.24, 2.45) is 0 Å². The van der Waals surface area contributed by atoms with E-state index >= 15 is 0 Å². The number of aliphatic hydroxyl groups excluding tert-OH is 8. The second-order valence-electron chi connectivity index (χ2n) is 11.7. The van der Waals surface area contributed by atoms with E-state index in [-0.39, 0.29) is 12.3 Å². The molecule has 4 saturated heterocycles. The molecule has 0 aromatic heterocycles. The van der Waals surface area contributed by atoms with Crippen molar-refractivity contribution in [1.82, 2.24) is 5.32 Å². The summed E-state index contributed by atoms with van der Waals surface area (Å²) < 4.78 is 39.7. The normalized spacial score (nSPS) is 52.9. The average molecular weight is 628 g/mol. The highest BCUT2D eigenvalue weighted by Gasteiger charge is 2.53. The molecule has 1 amide bonds. The molecular formula is C26H45NO16. The van der Waals surface area contributed by atoms with Crippen LogP contribution >= 0.6 is 0 Å². The first-order valence-electron chi connectivity index (χ1n) is 14.4. The summed E-state index contributed by atoms with van der Waals surface area (Å²) in [6, 6.07) is -0.706. The summed E-state index contributed by atoms with van der Waals surface area (Å²) in [6.45, 7) is 7.31. The monoisotopic (exact) mass is 627 g/mol. The molecule has 43 heavy (non-hydrogen) atoms. The van der Waals surface area contributed by atoms with E-state index in [2.05, 4.69) is 5.32 Å². The third-order valence-corrected chi connectivity index (χ3v) is 8.35. The van der Waals surface area contributed by atoms with Gasteiger partial charge in [0, 0.05) is 13.3 Å². The second kappa shape index (κ2) is 14.1. The van der Waals surface area contributed by atoms with Gasteiger partial charge in [-0.3, -0.25) is 4.79 Å². The summed E-state index contributed by atoms with van der Waals surface area (Å²) >= 11 is 0. The van der Waals surface area contributed by atoms with E-state index in [0.29, 0.717) is 0 Å². The minimum Gasteiger partial charge on any atom is -0.388 e. The van der Waals surface area contributed by atoms with Crippen molar-refractivity contribution in [1.29, 1.82) is 0 Å². The molecule has 4 rings (SSSR count). The molecule has 9 N–H and O–H groups in total. The molecule has 0 saturated carbocycles. The Morgan fingerprint density at radius 1 is 0.581 bits per heavy atom. The molecule has 0 aromatic carbocycles.